The van der Waals surface area contributed by atoms with Crippen molar-refractivity contribution in [2.75, 3.05) is 47.3 Å². The van der Waals surface area contributed by atoms with E-state index in [-0.39, 0.29) is 0 Å². The molecule has 1 heterocycles. The van der Waals surface area contributed by atoms with Crippen molar-refractivity contribution in [1.82, 2.24) is 15.1 Å². The van der Waals surface area contributed by atoms with Crippen LogP contribution in [0.25, 0.3) is 0 Å². The monoisotopic (exact) mass is 227 g/mol. The summed E-state index contributed by atoms with van der Waals surface area (Å²) in [5.74, 6) is 0.900. The lowest BCUT2D eigenvalue weighted by Gasteiger charge is -2.21. The molecule has 1 N–H and O–H groups in total. The van der Waals surface area contributed by atoms with Crippen molar-refractivity contribution in [1.29, 1.82) is 0 Å². The highest BCUT2D eigenvalue weighted by atomic mass is 15.1. The van der Waals surface area contributed by atoms with Gasteiger partial charge in [0, 0.05) is 19.1 Å². The molecule has 16 heavy (non-hydrogen) atoms. The first-order valence-corrected chi connectivity index (χ1v) is 6.66. The molecular weight excluding hydrogens is 198 g/mol. The summed E-state index contributed by atoms with van der Waals surface area (Å²) in [7, 11) is 6.54. The number of nitrogens with one attached hydrogen (secondary N) is 1. The molecule has 1 fully saturated rings. The van der Waals surface area contributed by atoms with Crippen molar-refractivity contribution < 1.29 is 0 Å². The normalized spacial score (nSPS) is 24.2. The summed E-state index contributed by atoms with van der Waals surface area (Å²) in [4.78, 5) is 4.95. The topological polar surface area (TPSA) is 18.5 Å². The Hall–Kier alpha value is -0.120. The number of hydrogen-bond donors (Lipinski definition) is 1. The van der Waals surface area contributed by atoms with Crippen LogP contribution in [0.3, 0.4) is 0 Å². The molecule has 0 saturated carbocycles. The van der Waals surface area contributed by atoms with Crippen molar-refractivity contribution >= 4 is 0 Å². The van der Waals surface area contributed by atoms with Gasteiger partial charge in [-0.3, -0.25) is 0 Å². The molecule has 2 atom stereocenters. The maximum Gasteiger partial charge on any atom is 0.00362 e. The Morgan fingerprint density at radius 2 is 2.25 bits per heavy atom. The van der Waals surface area contributed by atoms with Gasteiger partial charge in [0.25, 0.3) is 0 Å². The highest BCUT2D eigenvalue weighted by Crippen LogP contribution is 2.15. The Morgan fingerprint density at radius 3 is 2.81 bits per heavy atom. The molecule has 0 radical (unpaired) electrons. The predicted molar refractivity (Wildman–Crippen MR) is 70.9 cm³/mol. The first-order chi connectivity index (χ1) is 7.61. The fraction of sp³-hybridized carbons (Fsp3) is 1.00. The minimum atomic E-state index is 0.658. The maximum absolute atomic E-state index is 3.29. The van der Waals surface area contributed by atoms with E-state index in [4.69, 9.17) is 0 Å². The van der Waals surface area contributed by atoms with Crippen molar-refractivity contribution in [2.45, 2.75) is 32.2 Å². The third kappa shape index (κ3) is 5.28. The maximum atomic E-state index is 3.29. The molecular formula is C13H29N3. The lowest BCUT2D eigenvalue weighted by Crippen LogP contribution is -2.29. The smallest absolute Gasteiger partial charge is 0.00362 e. The first-order valence-electron chi connectivity index (χ1n) is 6.66. The van der Waals surface area contributed by atoms with Crippen LogP contribution in [0.1, 0.15) is 26.2 Å². The van der Waals surface area contributed by atoms with Gasteiger partial charge >= 0.3 is 0 Å². The van der Waals surface area contributed by atoms with E-state index in [0.29, 0.717) is 6.04 Å². The van der Waals surface area contributed by atoms with Crippen LogP contribution in [0.15, 0.2) is 0 Å². The Kier molecular flexibility index (Phi) is 6.32. The van der Waals surface area contributed by atoms with E-state index in [9.17, 15) is 0 Å². The minimum absolute atomic E-state index is 0.658. The number of likely N-dealkylation sites (tertiary alicyclic amines) is 1. The SMILES string of the molecule is CNC(C)CCCN(C)CC1CCN(C)C1. The summed E-state index contributed by atoms with van der Waals surface area (Å²) >= 11 is 0. The lowest BCUT2D eigenvalue weighted by atomic mass is 10.1. The van der Waals surface area contributed by atoms with Crippen molar-refractivity contribution in [3.8, 4) is 0 Å². The summed E-state index contributed by atoms with van der Waals surface area (Å²) in [6.07, 6.45) is 3.97. The van der Waals surface area contributed by atoms with Gasteiger partial charge in [-0.15, -0.1) is 0 Å². The van der Waals surface area contributed by atoms with Gasteiger partial charge in [0.2, 0.25) is 0 Å². The standard InChI is InChI=1S/C13H29N3/c1-12(14-2)6-5-8-15(3)10-13-7-9-16(4)11-13/h12-14H,5-11H2,1-4H3. The molecule has 1 saturated heterocycles. The van der Waals surface area contributed by atoms with Crippen LogP contribution in [0.4, 0.5) is 0 Å². The largest absolute Gasteiger partial charge is 0.317 e. The molecule has 0 bridgehead atoms. The average molecular weight is 227 g/mol. The Balaban J connectivity index is 2.04. The molecule has 96 valence electrons. The van der Waals surface area contributed by atoms with Crippen LogP contribution in [0.2, 0.25) is 0 Å². The summed E-state index contributed by atoms with van der Waals surface area (Å²) in [6, 6.07) is 0.658. The Labute approximate surface area is 101 Å². The number of hydrogen-bond acceptors (Lipinski definition) is 3. The summed E-state index contributed by atoms with van der Waals surface area (Å²) in [6.45, 7) is 7.35. The van der Waals surface area contributed by atoms with Gasteiger partial charge in [0.05, 0.1) is 0 Å². The highest BCUT2D eigenvalue weighted by Gasteiger charge is 2.20. The fourth-order valence-electron chi connectivity index (χ4n) is 2.52. The second-order valence-electron chi connectivity index (χ2n) is 5.51. The Morgan fingerprint density at radius 1 is 1.50 bits per heavy atom. The zero-order chi connectivity index (χ0) is 12.0. The van der Waals surface area contributed by atoms with E-state index < -0.39 is 0 Å². The number of rotatable bonds is 7. The highest BCUT2D eigenvalue weighted by molar-refractivity contribution is 4.75. The van der Waals surface area contributed by atoms with Crippen LogP contribution in [0.5, 0.6) is 0 Å². The van der Waals surface area contributed by atoms with Gasteiger partial charge < -0.3 is 15.1 Å². The van der Waals surface area contributed by atoms with Crippen LogP contribution in [-0.2, 0) is 0 Å². The van der Waals surface area contributed by atoms with Crippen LogP contribution < -0.4 is 5.32 Å². The third-order valence-electron chi connectivity index (χ3n) is 3.73. The predicted octanol–water partition coefficient (Wildman–Crippen LogP) is 1.26. The average Bonchev–Trinajstić information content (AvgIpc) is 2.63. The summed E-state index contributed by atoms with van der Waals surface area (Å²) < 4.78 is 0. The van der Waals surface area contributed by atoms with Gasteiger partial charge in [0.15, 0.2) is 0 Å². The molecule has 0 amide bonds. The quantitative estimate of drug-likeness (QED) is 0.706. The molecule has 3 heteroatoms. The molecule has 0 aliphatic carbocycles. The lowest BCUT2D eigenvalue weighted by molar-refractivity contribution is 0.266. The zero-order valence-corrected chi connectivity index (χ0v) is 11.5. The minimum Gasteiger partial charge on any atom is -0.317 e. The van der Waals surface area contributed by atoms with Crippen molar-refractivity contribution in [3.05, 3.63) is 0 Å². The fourth-order valence-corrected chi connectivity index (χ4v) is 2.52. The molecule has 0 aromatic heterocycles. The molecule has 0 aromatic carbocycles. The van der Waals surface area contributed by atoms with E-state index in [1.807, 2.05) is 7.05 Å². The first kappa shape index (κ1) is 13.9. The molecule has 1 aliphatic rings. The van der Waals surface area contributed by atoms with E-state index in [1.54, 1.807) is 0 Å². The second-order valence-corrected chi connectivity index (χ2v) is 5.51. The van der Waals surface area contributed by atoms with Gasteiger partial charge in [-0.05, 0) is 66.3 Å². The van der Waals surface area contributed by atoms with E-state index >= 15 is 0 Å². The molecule has 1 rings (SSSR count). The van der Waals surface area contributed by atoms with Gasteiger partial charge in [-0.25, -0.2) is 0 Å². The van der Waals surface area contributed by atoms with Gasteiger partial charge in [-0.1, -0.05) is 0 Å². The van der Waals surface area contributed by atoms with Gasteiger partial charge in [0.1, 0.15) is 0 Å². The second kappa shape index (κ2) is 7.25. The molecule has 0 aromatic rings. The number of nitrogens with zero attached hydrogens (tertiary/aromatic N) is 2. The van der Waals surface area contributed by atoms with E-state index in [1.165, 1.54) is 45.4 Å². The summed E-state index contributed by atoms with van der Waals surface area (Å²) in [5.41, 5.74) is 0. The van der Waals surface area contributed by atoms with Crippen LogP contribution in [0, 0.1) is 5.92 Å². The van der Waals surface area contributed by atoms with Gasteiger partial charge in [-0.2, -0.15) is 0 Å². The van der Waals surface area contributed by atoms with Crippen molar-refractivity contribution in [2.24, 2.45) is 5.92 Å². The molecule has 3 nitrogen and oxygen atoms in total. The van der Waals surface area contributed by atoms with E-state index in [0.717, 1.165) is 5.92 Å². The van der Waals surface area contributed by atoms with Crippen molar-refractivity contribution in [3.63, 3.8) is 0 Å². The molecule has 0 spiro atoms. The van der Waals surface area contributed by atoms with E-state index in [2.05, 4.69) is 36.1 Å². The molecule has 1 aliphatic heterocycles. The molecule has 2 unspecified atom stereocenters. The van der Waals surface area contributed by atoms with Crippen LogP contribution >= 0.6 is 0 Å². The Bertz CT molecular complexity index is 184. The zero-order valence-electron chi connectivity index (χ0n) is 11.5. The van der Waals surface area contributed by atoms with Crippen LogP contribution in [-0.4, -0.2) is 63.2 Å². The third-order valence-corrected chi connectivity index (χ3v) is 3.73. The summed E-state index contributed by atoms with van der Waals surface area (Å²) in [5, 5.41) is 3.29.